The van der Waals surface area contributed by atoms with E-state index in [1.54, 1.807) is 16.8 Å². The minimum Gasteiger partial charge on any atom is -0.392 e. The third-order valence-corrected chi connectivity index (χ3v) is 6.74. The lowest BCUT2D eigenvalue weighted by Crippen LogP contribution is -2.40. The van der Waals surface area contributed by atoms with E-state index in [0.29, 0.717) is 5.56 Å². The van der Waals surface area contributed by atoms with Crippen LogP contribution in [0.1, 0.15) is 35.1 Å². The van der Waals surface area contributed by atoms with Crippen molar-refractivity contribution in [2.45, 2.75) is 32.8 Å². The van der Waals surface area contributed by atoms with Crippen LogP contribution in [0.25, 0.3) is 5.69 Å². The molecule has 3 aromatic rings. The van der Waals surface area contributed by atoms with Crippen molar-refractivity contribution in [3.05, 3.63) is 99.0 Å². The summed E-state index contributed by atoms with van der Waals surface area (Å²) in [7, 11) is 4.12. The molecule has 37 heavy (non-hydrogen) atoms. The molecule has 1 fully saturated rings. The summed E-state index contributed by atoms with van der Waals surface area (Å²) >= 11 is 0. The van der Waals surface area contributed by atoms with E-state index in [1.165, 1.54) is 18.2 Å². The van der Waals surface area contributed by atoms with E-state index in [0.717, 1.165) is 61.9 Å². The van der Waals surface area contributed by atoms with Crippen LogP contribution in [0.4, 0.5) is 8.78 Å². The number of piperidine rings is 1. The second-order valence-corrected chi connectivity index (χ2v) is 9.88. The lowest BCUT2D eigenvalue weighted by molar-refractivity contribution is 0.0101. The van der Waals surface area contributed by atoms with E-state index in [9.17, 15) is 13.6 Å². The van der Waals surface area contributed by atoms with E-state index in [2.05, 4.69) is 29.1 Å². The van der Waals surface area contributed by atoms with Gasteiger partial charge in [0.25, 0.3) is 5.56 Å². The predicted octanol–water partition coefficient (Wildman–Crippen LogP) is 4.53. The highest BCUT2D eigenvalue weighted by Crippen LogP contribution is 2.21. The molecule has 8 heteroatoms. The third kappa shape index (κ3) is 6.50. The van der Waals surface area contributed by atoms with Crippen LogP contribution in [-0.4, -0.2) is 66.5 Å². The van der Waals surface area contributed by atoms with Gasteiger partial charge in [0.15, 0.2) is 0 Å². The van der Waals surface area contributed by atoms with Crippen LogP contribution in [0, 0.1) is 25.5 Å². The van der Waals surface area contributed by atoms with E-state index in [1.807, 2.05) is 32.0 Å². The topological polar surface area (TPSA) is 50.1 Å². The Balaban J connectivity index is 1.66. The zero-order valence-corrected chi connectivity index (χ0v) is 21.9. The minimum absolute atomic E-state index is 0.108. The van der Waals surface area contributed by atoms with Gasteiger partial charge in [0.1, 0.15) is 23.5 Å². The van der Waals surface area contributed by atoms with Crippen LogP contribution in [0.5, 0.6) is 0 Å². The number of hydrogen-bond donors (Lipinski definition) is 0. The molecule has 0 atom stereocenters. The summed E-state index contributed by atoms with van der Waals surface area (Å²) < 4.78 is 30.2. The molecule has 0 saturated carbocycles. The van der Waals surface area contributed by atoms with Gasteiger partial charge in [0.2, 0.25) is 0 Å². The molecule has 6 nitrogen and oxygen atoms in total. The van der Waals surface area contributed by atoms with Gasteiger partial charge in [0, 0.05) is 55.6 Å². The maximum atomic E-state index is 14.9. The average Bonchev–Trinajstić information content (AvgIpc) is 2.86. The summed E-state index contributed by atoms with van der Waals surface area (Å²) in [4.78, 5) is 23.3. The molecular formula is C29H34F2N4O2. The Bertz CT molecular complexity index is 1310. The number of oxime groups is 1. The number of nitrogens with zero attached hydrogens (tertiary/aromatic N) is 4. The molecule has 0 radical (unpaired) electrons. The van der Waals surface area contributed by atoms with Gasteiger partial charge in [-0.3, -0.25) is 9.36 Å². The molecule has 1 saturated heterocycles. The first-order valence-electron chi connectivity index (χ1n) is 12.6. The standard InChI is InChI=1S/C29H34F2N4O2/c1-20-6-5-7-21(2)29(20)35-19-22(8-11-27(35)36)28(25-10-9-23(30)18-26(25)31)32-37-24-12-14-34(15-13-24)17-16-33(3)4/h5-11,18-19,24H,12-17H2,1-4H3/b32-28+. The molecule has 2 aromatic carbocycles. The quantitative estimate of drug-likeness (QED) is 0.332. The van der Waals surface area contributed by atoms with Crippen LogP contribution in [0.2, 0.25) is 0 Å². The maximum absolute atomic E-state index is 14.9. The molecule has 196 valence electrons. The van der Waals surface area contributed by atoms with Crippen molar-refractivity contribution in [3.63, 3.8) is 0 Å². The van der Waals surface area contributed by atoms with E-state index >= 15 is 0 Å². The first-order chi connectivity index (χ1) is 17.7. The Morgan fingerprint density at radius 1 is 1.05 bits per heavy atom. The van der Waals surface area contributed by atoms with Crippen LogP contribution in [-0.2, 0) is 4.84 Å². The number of pyridine rings is 1. The van der Waals surface area contributed by atoms with Crippen molar-refractivity contribution in [1.82, 2.24) is 14.4 Å². The molecule has 2 heterocycles. The molecule has 0 bridgehead atoms. The number of para-hydroxylation sites is 1. The second-order valence-electron chi connectivity index (χ2n) is 9.88. The summed E-state index contributed by atoms with van der Waals surface area (Å²) in [5.74, 6) is -1.42. The second kappa shape index (κ2) is 11.8. The maximum Gasteiger partial charge on any atom is 0.255 e. The van der Waals surface area contributed by atoms with Crippen molar-refractivity contribution in [1.29, 1.82) is 0 Å². The molecule has 0 unspecified atom stereocenters. The van der Waals surface area contributed by atoms with E-state index in [4.69, 9.17) is 4.84 Å². The number of benzene rings is 2. The van der Waals surface area contributed by atoms with Crippen molar-refractivity contribution < 1.29 is 13.6 Å². The van der Waals surface area contributed by atoms with Crippen molar-refractivity contribution in [2.75, 3.05) is 40.3 Å². The molecule has 0 spiro atoms. The fourth-order valence-corrected chi connectivity index (χ4v) is 4.63. The molecule has 0 aliphatic carbocycles. The largest absolute Gasteiger partial charge is 0.392 e. The van der Waals surface area contributed by atoms with Gasteiger partial charge >= 0.3 is 0 Å². The Morgan fingerprint density at radius 2 is 1.76 bits per heavy atom. The Morgan fingerprint density at radius 3 is 2.41 bits per heavy atom. The fraction of sp³-hybridized carbons (Fsp3) is 0.379. The monoisotopic (exact) mass is 508 g/mol. The zero-order chi connectivity index (χ0) is 26.5. The molecular weight excluding hydrogens is 474 g/mol. The fourth-order valence-electron chi connectivity index (χ4n) is 4.63. The first-order valence-corrected chi connectivity index (χ1v) is 12.6. The average molecular weight is 509 g/mol. The van der Waals surface area contributed by atoms with Gasteiger partial charge in [-0.25, -0.2) is 8.78 Å². The van der Waals surface area contributed by atoms with Gasteiger partial charge < -0.3 is 14.6 Å². The van der Waals surface area contributed by atoms with Gasteiger partial charge in [0.05, 0.1) is 5.69 Å². The third-order valence-electron chi connectivity index (χ3n) is 6.74. The summed E-state index contributed by atoms with van der Waals surface area (Å²) in [6, 6.07) is 12.2. The number of rotatable bonds is 8. The summed E-state index contributed by atoms with van der Waals surface area (Å²) in [6.45, 7) is 7.65. The first kappa shape index (κ1) is 26.7. The van der Waals surface area contributed by atoms with Crippen LogP contribution in [0.3, 0.4) is 0 Å². The predicted molar refractivity (Wildman–Crippen MR) is 143 cm³/mol. The lowest BCUT2D eigenvalue weighted by atomic mass is 10.0. The summed E-state index contributed by atoms with van der Waals surface area (Å²) in [6.07, 6.45) is 3.14. The smallest absolute Gasteiger partial charge is 0.255 e. The molecule has 4 rings (SSSR count). The molecule has 0 N–H and O–H groups in total. The number of hydrogen-bond acceptors (Lipinski definition) is 5. The minimum atomic E-state index is -0.745. The zero-order valence-electron chi connectivity index (χ0n) is 21.9. The molecule has 1 aliphatic heterocycles. The van der Waals surface area contributed by atoms with Crippen LogP contribution < -0.4 is 5.56 Å². The highest BCUT2D eigenvalue weighted by atomic mass is 19.1. The number of aryl methyl sites for hydroxylation is 2. The number of halogens is 2. The summed E-state index contributed by atoms with van der Waals surface area (Å²) in [5.41, 5.74) is 3.23. The Kier molecular flexibility index (Phi) is 8.51. The van der Waals surface area contributed by atoms with Crippen molar-refractivity contribution in [2.24, 2.45) is 5.16 Å². The normalized spacial score (nSPS) is 15.4. The van der Waals surface area contributed by atoms with E-state index in [-0.39, 0.29) is 22.9 Å². The summed E-state index contributed by atoms with van der Waals surface area (Å²) in [5, 5.41) is 4.40. The highest BCUT2D eigenvalue weighted by molar-refractivity contribution is 6.12. The highest BCUT2D eigenvalue weighted by Gasteiger charge is 2.22. The van der Waals surface area contributed by atoms with Gasteiger partial charge in [-0.2, -0.15) is 0 Å². The molecule has 0 amide bonds. The van der Waals surface area contributed by atoms with Crippen LogP contribution >= 0.6 is 0 Å². The van der Waals surface area contributed by atoms with E-state index < -0.39 is 11.6 Å². The molecule has 1 aromatic heterocycles. The SMILES string of the molecule is Cc1cccc(C)c1-n1cc(/C(=N\OC2CCN(CCN(C)C)CC2)c2ccc(F)cc2F)ccc1=O. The lowest BCUT2D eigenvalue weighted by Gasteiger charge is -2.31. The van der Waals surface area contributed by atoms with Crippen molar-refractivity contribution >= 4 is 5.71 Å². The van der Waals surface area contributed by atoms with Gasteiger partial charge in [-0.1, -0.05) is 23.4 Å². The van der Waals surface area contributed by atoms with Crippen molar-refractivity contribution in [3.8, 4) is 5.69 Å². The Hall–Kier alpha value is -3.36. The van der Waals surface area contributed by atoms with Gasteiger partial charge in [-0.05, 0) is 70.1 Å². The number of likely N-dealkylation sites (tertiary alicyclic amines) is 1. The number of likely N-dealkylation sites (N-methyl/N-ethyl adjacent to an activating group) is 1. The van der Waals surface area contributed by atoms with Crippen LogP contribution in [0.15, 0.2) is 64.7 Å². The number of aromatic nitrogens is 1. The Labute approximate surface area is 216 Å². The molecule has 1 aliphatic rings. The van der Waals surface area contributed by atoms with Gasteiger partial charge in [-0.15, -0.1) is 0 Å².